The fraction of sp³-hybridized carbons (Fsp3) is 0.667. The van der Waals surface area contributed by atoms with E-state index in [-0.39, 0.29) is 6.09 Å². The average Bonchev–Trinajstić information content (AvgIpc) is 2.57. The molecule has 19 heavy (non-hydrogen) atoms. The predicted octanol–water partition coefficient (Wildman–Crippen LogP) is 2.43. The molecule has 1 aromatic rings. The van der Waals surface area contributed by atoms with E-state index in [2.05, 4.69) is 21.0 Å². The molecule has 0 aliphatic heterocycles. The fourth-order valence-corrected chi connectivity index (χ4v) is 1.73. The molecule has 0 aliphatic carbocycles. The number of aryl methyl sites for hydroxylation is 1. The van der Waals surface area contributed by atoms with E-state index in [0.717, 1.165) is 4.47 Å². The highest BCUT2D eigenvalue weighted by Gasteiger charge is 2.19. The van der Waals surface area contributed by atoms with Crippen LogP contribution in [0.3, 0.4) is 0 Å². The van der Waals surface area contributed by atoms with Crippen LogP contribution in [0.25, 0.3) is 0 Å². The first-order valence-electron chi connectivity index (χ1n) is 5.95. The van der Waals surface area contributed by atoms with Crippen LogP contribution in [-0.4, -0.2) is 46.6 Å². The third-order valence-electron chi connectivity index (χ3n) is 2.21. The molecule has 1 aromatic heterocycles. The quantitative estimate of drug-likeness (QED) is 0.849. The molecule has 108 valence electrons. The van der Waals surface area contributed by atoms with Crippen molar-refractivity contribution in [3.05, 3.63) is 10.7 Å². The molecule has 0 saturated heterocycles. The zero-order valence-electron chi connectivity index (χ0n) is 11.9. The summed E-state index contributed by atoms with van der Waals surface area (Å²) < 4.78 is 13.2. The second-order valence-electron chi connectivity index (χ2n) is 5.17. The highest BCUT2D eigenvalue weighted by molar-refractivity contribution is 9.10. The molecular weight excluding hydrogens is 314 g/mol. The standard InChI is InChI=1S/C12H20BrN3O3/c1-12(2,3)19-11(17)15(4)6-7-18-10-9(13)8-14-16(10)5/h8H,6-7H2,1-5H3. The molecule has 7 heteroatoms. The minimum absolute atomic E-state index is 0.361. The van der Waals surface area contributed by atoms with Crippen LogP contribution < -0.4 is 4.74 Å². The largest absolute Gasteiger partial charge is 0.475 e. The summed E-state index contributed by atoms with van der Waals surface area (Å²) in [5.41, 5.74) is -0.489. The number of rotatable bonds is 4. The fourth-order valence-electron chi connectivity index (χ4n) is 1.27. The van der Waals surface area contributed by atoms with Gasteiger partial charge in [-0.05, 0) is 36.7 Å². The van der Waals surface area contributed by atoms with Crippen molar-refractivity contribution in [3.8, 4) is 5.88 Å². The Morgan fingerprint density at radius 1 is 1.53 bits per heavy atom. The van der Waals surface area contributed by atoms with E-state index in [1.54, 1.807) is 25.0 Å². The lowest BCUT2D eigenvalue weighted by atomic mass is 10.2. The molecule has 0 N–H and O–H groups in total. The predicted molar refractivity (Wildman–Crippen MR) is 75.3 cm³/mol. The highest BCUT2D eigenvalue weighted by atomic mass is 79.9. The van der Waals surface area contributed by atoms with Crippen LogP contribution in [0.2, 0.25) is 0 Å². The van der Waals surface area contributed by atoms with Gasteiger partial charge < -0.3 is 14.4 Å². The number of carbonyl (C=O) groups is 1. The smallest absolute Gasteiger partial charge is 0.410 e. The van der Waals surface area contributed by atoms with Crippen molar-refractivity contribution >= 4 is 22.0 Å². The van der Waals surface area contributed by atoms with Gasteiger partial charge >= 0.3 is 6.09 Å². The minimum atomic E-state index is -0.489. The first kappa shape index (κ1) is 15.8. The lowest BCUT2D eigenvalue weighted by Gasteiger charge is -2.24. The van der Waals surface area contributed by atoms with Crippen LogP contribution in [0, 0.1) is 0 Å². The van der Waals surface area contributed by atoms with Gasteiger partial charge in [0, 0.05) is 14.1 Å². The molecule has 0 atom stereocenters. The number of hydrogen-bond donors (Lipinski definition) is 0. The maximum atomic E-state index is 11.7. The second-order valence-corrected chi connectivity index (χ2v) is 6.03. The summed E-state index contributed by atoms with van der Waals surface area (Å²) in [6, 6.07) is 0. The van der Waals surface area contributed by atoms with E-state index in [1.165, 1.54) is 4.90 Å². The number of amides is 1. The van der Waals surface area contributed by atoms with Crippen molar-refractivity contribution in [1.29, 1.82) is 0 Å². The molecular formula is C12H20BrN3O3. The number of likely N-dealkylation sites (N-methyl/N-ethyl adjacent to an activating group) is 1. The Kier molecular flexibility index (Phi) is 5.22. The first-order valence-corrected chi connectivity index (χ1v) is 6.74. The molecule has 0 aliphatic rings. The molecule has 0 unspecified atom stereocenters. The van der Waals surface area contributed by atoms with E-state index in [9.17, 15) is 4.79 Å². The van der Waals surface area contributed by atoms with Crippen LogP contribution >= 0.6 is 15.9 Å². The Morgan fingerprint density at radius 3 is 2.63 bits per heavy atom. The molecule has 0 spiro atoms. The van der Waals surface area contributed by atoms with Crippen molar-refractivity contribution in [2.24, 2.45) is 7.05 Å². The van der Waals surface area contributed by atoms with Gasteiger partial charge in [0.15, 0.2) is 0 Å². The monoisotopic (exact) mass is 333 g/mol. The SMILES string of the molecule is CN(CCOc1c(Br)cnn1C)C(=O)OC(C)(C)C. The normalized spacial score (nSPS) is 11.3. The summed E-state index contributed by atoms with van der Waals surface area (Å²) in [5.74, 6) is 0.637. The Hall–Kier alpha value is -1.24. The molecule has 0 fully saturated rings. The first-order chi connectivity index (χ1) is 8.70. The van der Waals surface area contributed by atoms with Crippen molar-refractivity contribution in [3.63, 3.8) is 0 Å². The summed E-state index contributed by atoms with van der Waals surface area (Å²) >= 11 is 3.34. The van der Waals surface area contributed by atoms with Crippen molar-refractivity contribution in [2.45, 2.75) is 26.4 Å². The van der Waals surface area contributed by atoms with Crippen molar-refractivity contribution in [2.75, 3.05) is 20.2 Å². The van der Waals surface area contributed by atoms with Crippen LogP contribution in [0.4, 0.5) is 4.79 Å². The summed E-state index contributed by atoms with van der Waals surface area (Å²) in [7, 11) is 3.47. The number of nitrogens with zero attached hydrogens (tertiary/aromatic N) is 3. The zero-order chi connectivity index (χ0) is 14.6. The molecule has 1 rings (SSSR count). The summed E-state index contributed by atoms with van der Waals surface area (Å²) in [6.45, 7) is 6.31. The third kappa shape index (κ3) is 5.10. The molecule has 6 nitrogen and oxygen atoms in total. The molecule has 0 saturated carbocycles. The van der Waals surface area contributed by atoms with E-state index in [1.807, 2.05) is 20.8 Å². The number of ether oxygens (including phenoxy) is 2. The van der Waals surface area contributed by atoms with Gasteiger partial charge in [0.1, 0.15) is 12.2 Å². The molecule has 0 radical (unpaired) electrons. The molecule has 1 heterocycles. The topological polar surface area (TPSA) is 56.6 Å². The van der Waals surface area contributed by atoms with Crippen molar-refractivity contribution < 1.29 is 14.3 Å². The van der Waals surface area contributed by atoms with Gasteiger partial charge in [-0.1, -0.05) is 0 Å². The number of carbonyl (C=O) groups excluding carboxylic acids is 1. The van der Waals surface area contributed by atoms with Crippen LogP contribution in [0.15, 0.2) is 10.7 Å². The summed E-state index contributed by atoms with van der Waals surface area (Å²) in [4.78, 5) is 13.2. The Balaban J connectivity index is 2.39. The van der Waals surface area contributed by atoms with Crippen LogP contribution in [-0.2, 0) is 11.8 Å². The van der Waals surface area contributed by atoms with Crippen molar-refractivity contribution in [1.82, 2.24) is 14.7 Å². The lowest BCUT2D eigenvalue weighted by Crippen LogP contribution is -2.36. The number of hydrogen-bond acceptors (Lipinski definition) is 4. The lowest BCUT2D eigenvalue weighted by molar-refractivity contribution is 0.0276. The van der Waals surface area contributed by atoms with E-state index >= 15 is 0 Å². The Bertz CT molecular complexity index is 420. The Labute approximate surface area is 121 Å². The van der Waals surface area contributed by atoms with Crippen LogP contribution in [0.5, 0.6) is 5.88 Å². The zero-order valence-corrected chi connectivity index (χ0v) is 13.5. The molecule has 1 amide bonds. The summed E-state index contributed by atoms with van der Waals surface area (Å²) in [5, 5.41) is 4.04. The maximum absolute atomic E-state index is 11.7. The Morgan fingerprint density at radius 2 is 2.16 bits per heavy atom. The average molecular weight is 334 g/mol. The van der Waals surface area contributed by atoms with Gasteiger partial charge in [0.25, 0.3) is 0 Å². The second kappa shape index (κ2) is 6.27. The van der Waals surface area contributed by atoms with Gasteiger partial charge in [-0.2, -0.15) is 5.10 Å². The number of aromatic nitrogens is 2. The third-order valence-corrected chi connectivity index (χ3v) is 2.76. The van der Waals surface area contributed by atoms with E-state index in [0.29, 0.717) is 19.0 Å². The van der Waals surface area contributed by atoms with Crippen LogP contribution in [0.1, 0.15) is 20.8 Å². The van der Waals surface area contributed by atoms with E-state index < -0.39 is 5.60 Å². The molecule has 0 bridgehead atoms. The van der Waals surface area contributed by atoms with Gasteiger partial charge in [0.2, 0.25) is 5.88 Å². The maximum Gasteiger partial charge on any atom is 0.410 e. The summed E-state index contributed by atoms with van der Waals surface area (Å²) in [6.07, 6.45) is 1.30. The van der Waals surface area contributed by atoms with Gasteiger partial charge in [-0.3, -0.25) is 0 Å². The number of halogens is 1. The minimum Gasteiger partial charge on any atom is -0.475 e. The highest BCUT2D eigenvalue weighted by Crippen LogP contribution is 2.22. The van der Waals surface area contributed by atoms with Gasteiger partial charge in [0.05, 0.1) is 17.2 Å². The van der Waals surface area contributed by atoms with Gasteiger partial charge in [-0.15, -0.1) is 0 Å². The van der Waals surface area contributed by atoms with Gasteiger partial charge in [-0.25, -0.2) is 9.48 Å². The molecule has 0 aromatic carbocycles. The van der Waals surface area contributed by atoms with E-state index in [4.69, 9.17) is 9.47 Å².